The van der Waals surface area contributed by atoms with Crippen LogP contribution in [0.2, 0.25) is 0 Å². The van der Waals surface area contributed by atoms with Gasteiger partial charge in [0.2, 0.25) is 0 Å². The number of hydrogen-bond acceptors (Lipinski definition) is 2. The highest BCUT2D eigenvalue weighted by atomic mass is 19.4. The highest BCUT2D eigenvalue weighted by Crippen LogP contribution is 2.37. The molecule has 1 aromatic carbocycles. The zero-order chi connectivity index (χ0) is 13.3. The van der Waals surface area contributed by atoms with E-state index in [-0.39, 0.29) is 11.7 Å². The first-order chi connectivity index (χ1) is 8.38. The quantitative estimate of drug-likeness (QED) is 0.877. The van der Waals surface area contributed by atoms with Gasteiger partial charge in [0.25, 0.3) is 0 Å². The topological polar surface area (TPSA) is 49.3 Å². The highest BCUT2D eigenvalue weighted by molar-refractivity contribution is 5.71. The number of carbonyl (C=O) groups is 1. The zero-order valence-corrected chi connectivity index (χ0v) is 9.37. The van der Waals surface area contributed by atoms with Gasteiger partial charge in [-0.25, -0.2) is 0 Å². The summed E-state index contributed by atoms with van der Waals surface area (Å²) in [6, 6.07) is 5.02. The van der Waals surface area contributed by atoms with Crippen LogP contribution in [0.4, 0.5) is 18.9 Å². The van der Waals surface area contributed by atoms with Crippen molar-refractivity contribution in [2.24, 2.45) is 5.92 Å². The summed E-state index contributed by atoms with van der Waals surface area (Å²) in [4.78, 5) is 10.6. The normalized spacial score (nSPS) is 23.3. The van der Waals surface area contributed by atoms with Gasteiger partial charge >= 0.3 is 12.1 Å². The van der Waals surface area contributed by atoms with Gasteiger partial charge in [0.15, 0.2) is 0 Å². The number of hydrogen-bond donors (Lipinski definition) is 2. The predicted octanol–water partition coefficient (Wildman–Crippen LogP) is 2.98. The van der Waals surface area contributed by atoms with Gasteiger partial charge in [-0.2, -0.15) is 13.2 Å². The monoisotopic (exact) mass is 259 g/mol. The molecule has 98 valence electrons. The van der Waals surface area contributed by atoms with Crippen molar-refractivity contribution in [2.45, 2.75) is 25.1 Å². The van der Waals surface area contributed by atoms with Crippen molar-refractivity contribution in [3.05, 3.63) is 29.8 Å². The Balaban J connectivity index is 2.05. The number of carboxylic acid groups (broad SMARTS) is 1. The lowest BCUT2D eigenvalue weighted by Gasteiger charge is -2.34. The molecule has 0 amide bonds. The summed E-state index contributed by atoms with van der Waals surface area (Å²) < 4.78 is 38.1. The Labute approximate surface area is 102 Å². The third kappa shape index (κ3) is 2.57. The van der Waals surface area contributed by atoms with E-state index in [0.717, 1.165) is 6.07 Å². The van der Waals surface area contributed by atoms with Crippen molar-refractivity contribution in [2.75, 3.05) is 5.32 Å². The van der Waals surface area contributed by atoms with Gasteiger partial charge in [-0.15, -0.1) is 0 Å². The van der Waals surface area contributed by atoms with Gasteiger partial charge in [0, 0.05) is 11.7 Å². The van der Waals surface area contributed by atoms with E-state index >= 15 is 0 Å². The van der Waals surface area contributed by atoms with Crippen LogP contribution in [0.15, 0.2) is 24.3 Å². The molecule has 3 nitrogen and oxygen atoms in total. The van der Waals surface area contributed by atoms with E-state index in [1.807, 2.05) is 0 Å². The molecule has 1 saturated carbocycles. The van der Waals surface area contributed by atoms with Crippen molar-refractivity contribution in [1.29, 1.82) is 0 Å². The van der Waals surface area contributed by atoms with E-state index in [4.69, 9.17) is 5.11 Å². The molecule has 1 fully saturated rings. The van der Waals surface area contributed by atoms with Crippen LogP contribution in [-0.4, -0.2) is 17.1 Å². The Kier molecular flexibility index (Phi) is 3.19. The highest BCUT2D eigenvalue weighted by Gasteiger charge is 2.37. The second-order valence-corrected chi connectivity index (χ2v) is 4.39. The number of rotatable bonds is 3. The van der Waals surface area contributed by atoms with Gasteiger partial charge in [-0.3, -0.25) is 4.79 Å². The second kappa shape index (κ2) is 4.51. The Bertz CT molecular complexity index is 453. The molecule has 18 heavy (non-hydrogen) atoms. The fourth-order valence-corrected chi connectivity index (χ4v) is 2.01. The number of anilines is 1. The molecule has 0 unspecified atom stereocenters. The molecule has 1 aromatic rings. The summed E-state index contributed by atoms with van der Waals surface area (Å²) >= 11 is 0. The van der Waals surface area contributed by atoms with E-state index < -0.39 is 23.6 Å². The van der Waals surface area contributed by atoms with Crippen LogP contribution in [-0.2, 0) is 11.0 Å². The number of aliphatic carboxylic acids is 1. The van der Waals surface area contributed by atoms with Crippen LogP contribution in [0.1, 0.15) is 18.4 Å². The Morgan fingerprint density at radius 3 is 2.44 bits per heavy atom. The van der Waals surface area contributed by atoms with Crippen molar-refractivity contribution in [3.8, 4) is 0 Å². The van der Waals surface area contributed by atoms with Crippen LogP contribution in [0.25, 0.3) is 0 Å². The molecule has 0 bridgehead atoms. The molecule has 1 aliphatic carbocycles. The number of alkyl halides is 3. The molecular weight excluding hydrogens is 247 g/mol. The molecule has 0 saturated heterocycles. The minimum atomic E-state index is -4.40. The fraction of sp³-hybridized carbons (Fsp3) is 0.417. The molecule has 1 aliphatic rings. The lowest BCUT2D eigenvalue weighted by atomic mass is 9.80. The third-order valence-electron chi connectivity index (χ3n) is 3.08. The lowest BCUT2D eigenvalue weighted by Crippen LogP contribution is -2.39. The van der Waals surface area contributed by atoms with Gasteiger partial charge < -0.3 is 10.4 Å². The first-order valence-corrected chi connectivity index (χ1v) is 5.53. The molecule has 0 aromatic heterocycles. The van der Waals surface area contributed by atoms with E-state index in [0.29, 0.717) is 12.8 Å². The maximum atomic E-state index is 12.7. The standard InChI is InChI=1S/C12H12F3NO2/c13-12(14,15)9-3-1-2-4-10(9)16-8-5-7(6-8)11(17)18/h1-4,7-8,16H,5-6H2,(H,17,18). The molecule has 0 radical (unpaired) electrons. The summed E-state index contributed by atoms with van der Waals surface area (Å²) in [6.07, 6.45) is -3.68. The number of para-hydroxylation sites is 1. The van der Waals surface area contributed by atoms with Crippen LogP contribution < -0.4 is 5.32 Å². The summed E-state index contributed by atoms with van der Waals surface area (Å²) in [6.45, 7) is 0. The molecule has 0 spiro atoms. The van der Waals surface area contributed by atoms with E-state index in [1.165, 1.54) is 18.2 Å². The average Bonchev–Trinajstić information content (AvgIpc) is 2.21. The first-order valence-electron chi connectivity index (χ1n) is 5.53. The summed E-state index contributed by atoms with van der Waals surface area (Å²) in [5.41, 5.74) is -0.706. The number of carboxylic acids is 1. The fourth-order valence-electron chi connectivity index (χ4n) is 2.01. The van der Waals surface area contributed by atoms with Gasteiger partial charge in [-0.05, 0) is 25.0 Å². The van der Waals surface area contributed by atoms with E-state index in [1.54, 1.807) is 0 Å². The minimum Gasteiger partial charge on any atom is -0.481 e. The van der Waals surface area contributed by atoms with E-state index in [9.17, 15) is 18.0 Å². The van der Waals surface area contributed by atoms with Crippen LogP contribution >= 0.6 is 0 Å². The van der Waals surface area contributed by atoms with Crippen LogP contribution in [0.5, 0.6) is 0 Å². The SMILES string of the molecule is O=C(O)C1CC(Nc2ccccc2C(F)(F)F)C1. The first kappa shape index (κ1) is 12.7. The number of benzene rings is 1. The third-order valence-corrected chi connectivity index (χ3v) is 3.08. The van der Waals surface area contributed by atoms with Gasteiger partial charge in [0.1, 0.15) is 0 Å². The predicted molar refractivity (Wildman–Crippen MR) is 59.2 cm³/mol. The maximum Gasteiger partial charge on any atom is 0.418 e. The zero-order valence-electron chi connectivity index (χ0n) is 9.37. The molecule has 0 heterocycles. The minimum absolute atomic E-state index is 0.0128. The van der Waals surface area contributed by atoms with Gasteiger partial charge in [-0.1, -0.05) is 12.1 Å². The van der Waals surface area contributed by atoms with Crippen molar-refractivity contribution in [1.82, 2.24) is 0 Å². The van der Waals surface area contributed by atoms with E-state index in [2.05, 4.69) is 5.32 Å². The summed E-state index contributed by atoms with van der Waals surface area (Å²) in [5.74, 6) is -1.34. The summed E-state index contributed by atoms with van der Waals surface area (Å²) in [7, 11) is 0. The van der Waals surface area contributed by atoms with Crippen molar-refractivity contribution in [3.63, 3.8) is 0 Å². The summed E-state index contributed by atoms with van der Waals surface area (Å²) in [5, 5.41) is 11.4. The van der Waals surface area contributed by atoms with Crippen LogP contribution in [0.3, 0.4) is 0 Å². The Morgan fingerprint density at radius 2 is 1.89 bits per heavy atom. The second-order valence-electron chi connectivity index (χ2n) is 4.39. The Morgan fingerprint density at radius 1 is 1.28 bits per heavy atom. The smallest absolute Gasteiger partial charge is 0.418 e. The van der Waals surface area contributed by atoms with Crippen LogP contribution in [0, 0.1) is 5.92 Å². The molecule has 0 aliphatic heterocycles. The number of nitrogens with one attached hydrogen (secondary N) is 1. The molecule has 2 N–H and O–H groups in total. The van der Waals surface area contributed by atoms with Crippen molar-refractivity contribution < 1.29 is 23.1 Å². The molecule has 2 rings (SSSR count). The molecule has 0 atom stereocenters. The largest absolute Gasteiger partial charge is 0.481 e. The maximum absolute atomic E-state index is 12.7. The molecule has 6 heteroatoms. The average molecular weight is 259 g/mol. The van der Waals surface area contributed by atoms with Crippen molar-refractivity contribution >= 4 is 11.7 Å². The Hall–Kier alpha value is -1.72. The number of halogens is 3. The van der Waals surface area contributed by atoms with Gasteiger partial charge in [0.05, 0.1) is 11.5 Å². The molecular formula is C12H12F3NO2. The lowest BCUT2D eigenvalue weighted by molar-refractivity contribution is -0.145.